The lowest BCUT2D eigenvalue weighted by Crippen LogP contribution is -2.10. The van der Waals surface area contributed by atoms with Crippen molar-refractivity contribution in [2.45, 2.75) is 19.8 Å². The van der Waals surface area contributed by atoms with Gasteiger partial charge in [0.15, 0.2) is 0 Å². The Morgan fingerprint density at radius 3 is 2.69 bits per heavy atom. The van der Waals surface area contributed by atoms with Crippen LogP contribution in [-0.4, -0.2) is 11.7 Å². The number of hydrogen-bond acceptors (Lipinski definition) is 2. The number of aromatic hydroxyl groups is 1. The first-order valence-corrected chi connectivity index (χ1v) is 5.05. The number of phenols is 1. The highest BCUT2D eigenvalue weighted by molar-refractivity contribution is 9.10. The molecule has 0 fully saturated rings. The highest BCUT2D eigenvalue weighted by atomic mass is 79.9. The average Bonchev–Trinajstić information content (AvgIpc) is 2.12. The van der Waals surface area contributed by atoms with Gasteiger partial charge in [0.1, 0.15) is 5.75 Å². The van der Waals surface area contributed by atoms with Gasteiger partial charge < -0.3 is 10.8 Å². The quantitative estimate of drug-likeness (QED) is 0.839. The van der Waals surface area contributed by atoms with Gasteiger partial charge in [0.2, 0.25) is 0 Å². The summed E-state index contributed by atoms with van der Waals surface area (Å²) in [5, 5.41) is 9.63. The first-order valence-electron chi connectivity index (χ1n) is 4.26. The molecule has 1 unspecified atom stereocenters. The third kappa shape index (κ3) is 2.03. The van der Waals surface area contributed by atoms with E-state index in [2.05, 4.69) is 15.9 Å². The molecule has 0 saturated heterocycles. The smallest absolute Gasteiger partial charge is 0.120 e. The fourth-order valence-corrected chi connectivity index (χ4v) is 2.00. The third-order valence-electron chi connectivity index (χ3n) is 2.20. The number of aryl methyl sites for hydroxylation is 1. The van der Waals surface area contributed by atoms with E-state index in [4.69, 9.17) is 5.73 Å². The summed E-state index contributed by atoms with van der Waals surface area (Å²) >= 11 is 3.46. The summed E-state index contributed by atoms with van der Waals surface area (Å²) in [6, 6.07) is 3.59. The van der Waals surface area contributed by atoms with E-state index in [-0.39, 0.29) is 5.92 Å². The minimum absolute atomic E-state index is 0.175. The van der Waals surface area contributed by atoms with E-state index in [9.17, 15) is 5.11 Å². The van der Waals surface area contributed by atoms with Crippen molar-refractivity contribution < 1.29 is 5.11 Å². The molecule has 2 nitrogen and oxygen atoms in total. The van der Waals surface area contributed by atoms with Crippen molar-refractivity contribution in [3.05, 3.63) is 27.7 Å². The summed E-state index contributed by atoms with van der Waals surface area (Å²) in [5.74, 6) is 0.490. The second-order valence-corrected chi connectivity index (χ2v) is 4.06. The van der Waals surface area contributed by atoms with Crippen LogP contribution in [0, 0.1) is 6.92 Å². The molecule has 72 valence electrons. The Morgan fingerprint density at radius 2 is 2.15 bits per heavy atom. The van der Waals surface area contributed by atoms with Gasteiger partial charge in [0, 0.05) is 10.0 Å². The Labute approximate surface area is 86.9 Å². The molecule has 3 heteroatoms. The van der Waals surface area contributed by atoms with Crippen LogP contribution in [0.1, 0.15) is 24.0 Å². The van der Waals surface area contributed by atoms with Crippen molar-refractivity contribution in [1.82, 2.24) is 0 Å². The van der Waals surface area contributed by atoms with Crippen molar-refractivity contribution in [2.24, 2.45) is 5.73 Å². The van der Waals surface area contributed by atoms with Gasteiger partial charge in [-0.25, -0.2) is 0 Å². The predicted octanol–water partition coefficient (Wildman–Crippen LogP) is 2.53. The Hall–Kier alpha value is -0.540. The van der Waals surface area contributed by atoms with Gasteiger partial charge in [-0.15, -0.1) is 0 Å². The molecule has 0 bridgehead atoms. The Kier molecular flexibility index (Phi) is 3.33. The Balaban J connectivity index is 3.25. The second kappa shape index (κ2) is 4.11. The third-order valence-corrected chi connectivity index (χ3v) is 3.25. The number of phenolic OH excluding ortho intramolecular Hbond substituents is 1. The fourth-order valence-electron chi connectivity index (χ4n) is 1.28. The predicted molar refractivity (Wildman–Crippen MR) is 58.0 cm³/mol. The van der Waals surface area contributed by atoms with Crippen molar-refractivity contribution in [1.29, 1.82) is 0 Å². The van der Waals surface area contributed by atoms with Crippen LogP contribution in [0.25, 0.3) is 0 Å². The average molecular weight is 244 g/mol. The van der Waals surface area contributed by atoms with Crippen LogP contribution in [0.15, 0.2) is 16.6 Å². The van der Waals surface area contributed by atoms with Gasteiger partial charge in [-0.05, 0) is 31.0 Å². The molecule has 0 aliphatic heterocycles. The van der Waals surface area contributed by atoms with E-state index in [1.54, 1.807) is 6.07 Å². The van der Waals surface area contributed by atoms with E-state index >= 15 is 0 Å². The summed E-state index contributed by atoms with van der Waals surface area (Å²) in [6.07, 6.45) is 0. The first-order chi connectivity index (χ1) is 6.07. The highest BCUT2D eigenvalue weighted by Gasteiger charge is 2.13. The maximum absolute atomic E-state index is 9.63. The molecular formula is C10H14BrNO. The van der Waals surface area contributed by atoms with Crippen LogP contribution in [0.3, 0.4) is 0 Å². The molecule has 0 aliphatic carbocycles. The normalized spacial score (nSPS) is 12.9. The molecule has 0 radical (unpaired) electrons. The van der Waals surface area contributed by atoms with Crippen LogP contribution < -0.4 is 5.73 Å². The maximum atomic E-state index is 9.63. The first kappa shape index (κ1) is 10.5. The lowest BCUT2D eigenvalue weighted by molar-refractivity contribution is 0.462. The summed E-state index contributed by atoms with van der Waals surface area (Å²) in [5.41, 5.74) is 7.58. The van der Waals surface area contributed by atoms with E-state index < -0.39 is 0 Å². The largest absolute Gasteiger partial charge is 0.508 e. The molecule has 0 saturated carbocycles. The zero-order valence-corrected chi connectivity index (χ0v) is 9.43. The van der Waals surface area contributed by atoms with Crippen LogP contribution in [0.4, 0.5) is 0 Å². The van der Waals surface area contributed by atoms with Crippen molar-refractivity contribution >= 4 is 15.9 Å². The minimum atomic E-state index is 0.175. The van der Waals surface area contributed by atoms with Crippen LogP contribution in [0.5, 0.6) is 5.75 Å². The zero-order valence-electron chi connectivity index (χ0n) is 7.84. The lowest BCUT2D eigenvalue weighted by Gasteiger charge is -2.14. The lowest BCUT2D eigenvalue weighted by atomic mass is 9.98. The van der Waals surface area contributed by atoms with Gasteiger partial charge in [-0.2, -0.15) is 0 Å². The maximum Gasteiger partial charge on any atom is 0.120 e. The van der Waals surface area contributed by atoms with Crippen molar-refractivity contribution in [3.8, 4) is 5.75 Å². The highest BCUT2D eigenvalue weighted by Crippen LogP contribution is 2.34. The molecule has 3 N–H and O–H groups in total. The summed E-state index contributed by atoms with van der Waals surface area (Å²) in [7, 11) is 0. The van der Waals surface area contributed by atoms with Crippen LogP contribution in [-0.2, 0) is 0 Å². The van der Waals surface area contributed by atoms with E-state index in [1.165, 1.54) is 0 Å². The zero-order chi connectivity index (χ0) is 10.0. The van der Waals surface area contributed by atoms with E-state index in [0.717, 1.165) is 15.6 Å². The molecule has 0 amide bonds. The van der Waals surface area contributed by atoms with Gasteiger partial charge in [-0.1, -0.05) is 28.9 Å². The minimum Gasteiger partial charge on any atom is -0.508 e. The van der Waals surface area contributed by atoms with E-state index in [1.807, 2.05) is 19.9 Å². The molecule has 1 rings (SSSR count). The fraction of sp³-hybridized carbons (Fsp3) is 0.400. The molecule has 0 aliphatic rings. The molecule has 1 aromatic rings. The number of halogens is 1. The second-order valence-electron chi connectivity index (χ2n) is 3.27. The molecule has 0 spiro atoms. The van der Waals surface area contributed by atoms with Crippen LogP contribution in [0.2, 0.25) is 0 Å². The standard InChI is InChI=1S/C10H14BrNO/c1-6-3-4-8(13)9(10(6)11)7(2)5-12/h3-4,7,13H,5,12H2,1-2H3. The molecule has 1 atom stereocenters. The summed E-state index contributed by atoms with van der Waals surface area (Å²) in [6.45, 7) is 4.53. The Morgan fingerprint density at radius 1 is 1.54 bits per heavy atom. The topological polar surface area (TPSA) is 46.2 Å². The molecule has 0 aromatic heterocycles. The van der Waals surface area contributed by atoms with E-state index in [0.29, 0.717) is 12.3 Å². The molecule has 13 heavy (non-hydrogen) atoms. The van der Waals surface area contributed by atoms with Gasteiger partial charge >= 0.3 is 0 Å². The SMILES string of the molecule is Cc1ccc(O)c(C(C)CN)c1Br. The number of hydrogen-bond donors (Lipinski definition) is 2. The summed E-state index contributed by atoms with van der Waals surface area (Å²) in [4.78, 5) is 0. The van der Waals surface area contributed by atoms with Gasteiger partial charge in [0.25, 0.3) is 0 Å². The van der Waals surface area contributed by atoms with Crippen molar-refractivity contribution in [3.63, 3.8) is 0 Å². The number of rotatable bonds is 2. The van der Waals surface area contributed by atoms with Crippen molar-refractivity contribution in [2.75, 3.05) is 6.54 Å². The van der Waals surface area contributed by atoms with Crippen LogP contribution >= 0.6 is 15.9 Å². The molecule has 0 heterocycles. The monoisotopic (exact) mass is 243 g/mol. The van der Waals surface area contributed by atoms with Gasteiger partial charge in [0.05, 0.1) is 0 Å². The molecular weight excluding hydrogens is 230 g/mol. The summed E-state index contributed by atoms with van der Waals surface area (Å²) < 4.78 is 0.963. The number of benzene rings is 1. The molecule has 1 aromatic carbocycles. The Bertz CT molecular complexity index is 312. The van der Waals surface area contributed by atoms with Gasteiger partial charge in [-0.3, -0.25) is 0 Å². The number of nitrogens with two attached hydrogens (primary N) is 1.